The van der Waals surface area contributed by atoms with Crippen LogP contribution in [-0.2, 0) is 4.74 Å². The first kappa shape index (κ1) is 14.6. The summed E-state index contributed by atoms with van der Waals surface area (Å²) in [4.78, 5) is 14.2. The van der Waals surface area contributed by atoms with Crippen molar-refractivity contribution in [2.24, 2.45) is 5.92 Å². The third-order valence-electron chi connectivity index (χ3n) is 4.41. The van der Waals surface area contributed by atoms with Crippen molar-refractivity contribution in [2.75, 3.05) is 0 Å². The van der Waals surface area contributed by atoms with E-state index in [1.54, 1.807) is 0 Å². The lowest BCUT2D eigenvalue weighted by atomic mass is 9.61. The second-order valence-corrected chi connectivity index (χ2v) is 7.28. The van der Waals surface area contributed by atoms with Crippen molar-refractivity contribution in [3.8, 4) is 0 Å². The van der Waals surface area contributed by atoms with Gasteiger partial charge in [0.15, 0.2) is 0 Å². The molecule has 4 heteroatoms. The molecular formula is C15H27NO3. The Morgan fingerprint density at radius 3 is 2.63 bits per heavy atom. The Morgan fingerprint density at radius 2 is 2.11 bits per heavy atom. The molecule has 110 valence electrons. The molecule has 19 heavy (non-hydrogen) atoms. The molecule has 4 nitrogen and oxygen atoms in total. The van der Waals surface area contributed by atoms with E-state index >= 15 is 0 Å². The third kappa shape index (κ3) is 2.47. The predicted octanol–water partition coefficient (Wildman–Crippen LogP) is 2.94. The van der Waals surface area contributed by atoms with Gasteiger partial charge in [-0.1, -0.05) is 13.8 Å². The summed E-state index contributed by atoms with van der Waals surface area (Å²) in [7, 11) is 0. The molecule has 2 heterocycles. The maximum Gasteiger partial charge on any atom is 0.411 e. The van der Waals surface area contributed by atoms with Crippen LogP contribution in [0, 0.1) is 5.92 Å². The van der Waals surface area contributed by atoms with Gasteiger partial charge in [0, 0.05) is 6.04 Å². The van der Waals surface area contributed by atoms with Crippen molar-refractivity contribution >= 4 is 6.09 Å². The van der Waals surface area contributed by atoms with E-state index in [2.05, 4.69) is 6.92 Å². The van der Waals surface area contributed by atoms with Gasteiger partial charge in [0.25, 0.3) is 0 Å². The van der Waals surface area contributed by atoms with Crippen LogP contribution >= 0.6 is 0 Å². The fraction of sp³-hybridized carbons (Fsp3) is 0.933. The molecule has 1 aliphatic carbocycles. The van der Waals surface area contributed by atoms with E-state index in [-0.39, 0.29) is 17.7 Å². The van der Waals surface area contributed by atoms with Gasteiger partial charge in [0.2, 0.25) is 0 Å². The maximum atomic E-state index is 12.4. The number of ether oxygens (including phenoxy) is 1. The molecule has 1 saturated carbocycles. The average molecular weight is 269 g/mol. The lowest BCUT2D eigenvalue weighted by Gasteiger charge is -2.64. The predicted molar refractivity (Wildman–Crippen MR) is 73.9 cm³/mol. The number of fused-ring (bicyclic) bond motifs is 2. The zero-order valence-electron chi connectivity index (χ0n) is 12.8. The van der Waals surface area contributed by atoms with Crippen LogP contribution < -0.4 is 0 Å². The number of aliphatic hydroxyl groups is 1. The van der Waals surface area contributed by atoms with Crippen molar-refractivity contribution in [1.82, 2.24) is 4.90 Å². The highest BCUT2D eigenvalue weighted by Gasteiger charge is 2.62. The quantitative estimate of drug-likeness (QED) is 0.838. The van der Waals surface area contributed by atoms with Gasteiger partial charge in [-0.3, -0.25) is 4.90 Å². The summed E-state index contributed by atoms with van der Waals surface area (Å²) >= 11 is 0. The highest BCUT2D eigenvalue weighted by molar-refractivity contribution is 5.71. The molecule has 3 fully saturated rings. The molecule has 2 unspecified atom stereocenters. The number of carbonyl (C=O) groups is 1. The first-order chi connectivity index (χ1) is 8.69. The second kappa shape index (κ2) is 4.65. The fourth-order valence-electron chi connectivity index (χ4n) is 3.83. The standard InChI is InChI=1S/C15H27NO3/c1-6-12(17)15-8-10(2)7-11(9-15)16(15)13(18)19-14(3,4)5/h10-12,17H,6-9H2,1-5H3/t10-,11-,12?,15?/m1/s1. The topological polar surface area (TPSA) is 49.8 Å². The van der Waals surface area contributed by atoms with E-state index in [1.165, 1.54) is 0 Å². The average Bonchev–Trinajstić information content (AvgIpc) is 2.23. The lowest BCUT2D eigenvalue weighted by molar-refractivity contribution is -0.172. The van der Waals surface area contributed by atoms with Gasteiger partial charge in [-0.2, -0.15) is 0 Å². The Morgan fingerprint density at radius 1 is 1.47 bits per heavy atom. The number of rotatable bonds is 2. The molecular weight excluding hydrogens is 242 g/mol. The van der Waals surface area contributed by atoms with Gasteiger partial charge in [-0.05, 0) is 52.4 Å². The molecule has 0 spiro atoms. The molecule has 2 bridgehead atoms. The van der Waals surface area contributed by atoms with Crippen molar-refractivity contribution in [2.45, 2.75) is 83.6 Å². The van der Waals surface area contributed by atoms with E-state index in [1.807, 2.05) is 32.6 Å². The van der Waals surface area contributed by atoms with E-state index < -0.39 is 11.7 Å². The minimum Gasteiger partial charge on any atom is -0.444 e. The Balaban J connectivity index is 2.18. The van der Waals surface area contributed by atoms with Crippen LogP contribution in [0.1, 0.15) is 60.3 Å². The highest BCUT2D eigenvalue weighted by Crippen LogP contribution is 2.52. The number of carbonyl (C=O) groups excluding carboxylic acids is 1. The van der Waals surface area contributed by atoms with Crippen molar-refractivity contribution < 1.29 is 14.6 Å². The summed E-state index contributed by atoms with van der Waals surface area (Å²) < 4.78 is 5.51. The van der Waals surface area contributed by atoms with E-state index in [4.69, 9.17) is 4.74 Å². The highest BCUT2D eigenvalue weighted by atomic mass is 16.6. The summed E-state index contributed by atoms with van der Waals surface area (Å²) in [6.07, 6.45) is 2.81. The number of hydrogen-bond acceptors (Lipinski definition) is 3. The van der Waals surface area contributed by atoms with Gasteiger partial charge < -0.3 is 9.84 Å². The largest absolute Gasteiger partial charge is 0.444 e. The Labute approximate surface area is 116 Å². The van der Waals surface area contributed by atoms with Gasteiger partial charge in [-0.25, -0.2) is 4.79 Å². The third-order valence-corrected chi connectivity index (χ3v) is 4.41. The minimum absolute atomic E-state index is 0.250. The van der Waals surface area contributed by atoms with Crippen molar-refractivity contribution in [3.05, 3.63) is 0 Å². The zero-order valence-corrected chi connectivity index (χ0v) is 12.8. The van der Waals surface area contributed by atoms with Crippen LogP contribution in [0.25, 0.3) is 0 Å². The van der Waals surface area contributed by atoms with Crippen LogP contribution in [0.4, 0.5) is 4.79 Å². The summed E-state index contributed by atoms with van der Waals surface area (Å²) in [5.74, 6) is 0.568. The summed E-state index contributed by atoms with van der Waals surface area (Å²) in [6, 6.07) is 0.250. The number of piperidine rings is 1. The number of aliphatic hydroxyl groups excluding tert-OH is 1. The molecule has 1 amide bonds. The molecule has 0 aromatic rings. The number of amides is 1. The number of nitrogens with zero attached hydrogens (tertiary/aromatic N) is 1. The summed E-state index contributed by atoms with van der Waals surface area (Å²) in [5.41, 5.74) is -0.857. The summed E-state index contributed by atoms with van der Waals surface area (Å²) in [6.45, 7) is 9.82. The van der Waals surface area contributed by atoms with Crippen molar-refractivity contribution in [1.29, 1.82) is 0 Å². The van der Waals surface area contributed by atoms with Gasteiger partial charge in [-0.15, -0.1) is 0 Å². The first-order valence-corrected chi connectivity index (χ1v) is 7.40. The fourth-order valence-corrected chi connectivity index (χ4v) is 3.83. The van der Waals surface area contributed by atoms with Gasteiger partial charge >= 0.3 is 6.09 Å². The molecule has 0 radical (unpaired) electrons. The lowest BCUT2D eigenvalue weighted by Crippen LogP contribution is -2.76. The van der Waals surface area contributed by atoms with Crippen LogP contribution in [0.5, 0.6) is 0 Å². The zero-order chi connectivity index (χ0) is 14.4. The van der Waals surface area contributed by atoms with Gasteiger partial charge in [0.1, 0.15) is 5.60 Å². The molecule has 0 aromatic heterocycles. The molecule has 2 saturated heterocycles. The first-order valence-electron chi connectivity index (χ1n) is 7.40. The van der Waals surface area contributed by atoms with Crippen LogP contribution in [0.3, 0.4) is 0 Å². The second-order valence-electron chi connectivity index (χ2n) is 7.28. The Bertz CT molecular complexity index is 363. The van der Waals surface area contributed by atoms with E-state index in [0.717, 1.165) is 19.3 Å². The van der Waals surface area contributed by atoms with Crippen LogP contribution in [-0.4, -0.2) is 39.4 Å². The minimum atomic E-state index is -0.481. The Hall–Kier alpha value is -0.770. The molecule has 0 aromatic carbocycles. The normalized spacial score (nSPS) is 35.6. The van der Waals surface area contributed by atoms with E-state index in [9.17, 15) is 9.90 Å². The SMILES string of the molecule is CCC(O)C12C[C@H](C)C[C@H](C1)N2C(=O)OC(C)(C)C. The smallest absolute Gasteiger partial charge is 0.411 e. The summed E-state index contributed by atoms with van der Waals surface area (Å²) in [5, 5.41) is 10.4. The monoisotopic (exact) mass is 269 g/mol. The van der Waals surface area contributed by atoms with Gasteiger partial charge in [0.05, 0.1) is 11.6 Å². The molecule has 1 N–H and O–H groups in total. The molecule has 3 aliphatic rings. The van der Waals surface area contributed by atoms with E-state index in [0.29, 0.717) is 12.3 Å². The van der Waals surface area contributed by atoms with Crippen LogP contribution in [0.15, 0.2) is 0 Å². The Kier molecular flexibility index (Phi) is 3.58. The van der Waals surface area contributed by atoms with Crippen molar-refractivity contribution in [3.63, 3.8) is 0 Å². The number of hydrogen-bond donors (Lipinski definition) is 1. The molecule has 4 atom stereocenters. The molecule has 2 aliphatic heterocycles. The maximum absolute atomic E-state index is 12.4. The molecule has 3 rings (SSSR count). The van der Waals surface area contributed by atoms with Crippen LogP contribution in [0.2, 0.25) is 0 Å².